The van der Waals surface area contributed by atoms with Gasteiger partial charge in [-0.2, -0.15) is 5.10 Å². The zero-order valence-electron chi connectivity index (χ0n) is 16.6. The molecular weight excluding hydrogens is 356 g/mol. The van der Waals surface area contributed by atoms with Gasteiger partial charge < -0.3 is 9.84 Å². The largest absolute Gasteiger partial charge is 0.481 e. The summed E-state index contributed by atoms with van der Waals surface area (Å²) in [5.41, 5.74) is 5.97. The van der Waals surface area contributed by atoms with E-state index in [1.54, 1.807) is 7.11 Å². The molecule has 0 bridgehead atoms. The number of methoxy groups -OCH3 is 1. The number of carbonyl (C=O) groups is 1. The van der Waals surface area contributed by atoms with Crippen LogP contribution in [0.1, 0.15) is 43.0 Å². The van der Waals surface area contributed by atoms with Gasteiger partial charge in [-0.1, -0.05) is 0 Å². The molecule has 7 nitrogen and oxygen atoms in total. The monoisotopic (exact) mass is 382 g/mol. The Bertz CT molecular complexity index is 981. The molecule has 0 atom stereocenters. The third-order valence-corrected chi connectivity index (χ3v) is 4.78. The summed E-state index contributed by atoms with van der Waals surface area (Å²) < 4.78 is 7.31. The summed E-state index contributed by atoms with van der Waals surface area (Å²) in [4.78, 5) is 20.1. The van der Waals surface area contributed by atoms with E-state index in [4.69, 9.17) is 14.8 Å². The fraction of sp³-hybridized carbons (Fsp3) is 0.429. The quantitative estimate of drug-likeness (QED) is 0.567. The van der Waals surface area contributed by atoms with E-state index in [-0.39, 0.29) is 6.42 Å². The van der Waals surface area contributed by atoms with E-state index in [1.165, 1.54) is 0 Å². The van der Waals surface area contributed by atoms with Crippen molar-refractivity contribution >= 4 is 17.0 Å². The van der Waals surface area contributed by atoms with E-state index >= 15 is 0 Å². The van der Waals surface area contributed by atoms with Crippen LogP contribution in [0.4, 0.5) is 0 Å². The summed E-state index contributed by atoms with van der Waals surface area (Å²) >= 11 is 0. The first-order valence-electron chi connectivity index (χ1n) is 9.55. The molecule has 3 rings (SSSR count). The molecule has 0 aliphatic rings. The van der Waals surface area contributed by atoms with Gasteiger partial charge in [-0.25, -0.2) is 9.67 Å². The smallest absolute Gasteiger partial charge is 0.303 e. The Hall–Kier alpha value is -2.80. The number of aromatic nitrogens is 4. The van der Waals surface area contributed by atoms with Crippen molar-refractivity contribution in [3.8, 4) is 11.1 Å². The third kappa shape index (κ3) is 4.20. The Morgan fingerprint density at radius 3 is 2.75 bits per heavy atom. The molecule has 0 saturated carbocycles. The van der Waals surface area contributed by atoms with E-state index in [1.807, 2.05) is 37.1 Å². The van der Waals surface area contributed by atoms with Crippen molar-refractivity contribution in [3.05, 3.63) is 41.5 Å². The average molecular weight is 382 g/mol. The van der Waals surface area contributed by atoms with Crippen LogP contribution >= 0.6 is 0 Å². The molecule has 0 amide bonds. The molecule has 0 unspecified atom stereocenters. The first-order valence-corrected chi connectivity index (χ1v) is 9.55. The van der Waals surface area contributed by atoms with Crippen molar-refractivity contribution in [2.45, 2.75) is 52.7 Å². The summed E-state index contributed by atoms with van der Waals surface area (Å²) in [7, 11) is 1.66. The minimum Gasteiger partial charge on any atom is -0.481 e. The highest BCUT2D eigenvalue weighted by molar-refractivity contribution is 5.95. The molecule has 0 saturated heterocycles. The molecular formula is C21H26N4O3. The lowest BCUT2D eigenvalue weighted by Crippen LogP contribution is -2.07. The topological polar surface area (TPSA) is 90.1 Å². The fourth-order valence-corrected chi connectivity index (χ4v) is 3.53. The fourth-order valence-electron chi connectivity index (χ4n) is 3.53. The Balaban J connectivity index is 2.17. The number of unbranched alkanes of at least 4 members (excludes halogenated alkanes) is 1. The van der Waals surface area contributed by atoms with Crippen LogP contribution in [0.2, 0.25) is 0 Å². The number of hydrogen-bond acceptors (Lipinski definition) is 5. The molecule has 0 radical (unpaired) electrons. The van der Waals surface area contributed by atoms with E-state index in [2.05, 4.69) is 16.1 Å². The van der Waals surface area contributed by atoms with Gasteiger partial charge in [-0.05, 0) is 50.3 Å². The van der Waals surface area contributed by atoms with Crippen LogP contribution in [0.15, 0.2) is 24.7 Å². The lowest BCUT2D eigenvalue weighted by atomic mass is 9.93. The van der Waals surface area contributed by atoms with E-state index in [0.29, 0.717) is 13.0 Å². The van der Waals surface area contributed by atoms with Gasteiger partial charge in [0.05, 0.1) is 18.5 Å². The molecule has 0 aliphatic carbocycles. The van der Waals surface area contributed by atoms with Gasteiger partial charge in [0, 0.05) is 49.0 Å². The second-order valence-corrected chi connectivity index (χ2v) is 6.89. The van der Waals surface area contributed by atoms with Crippen molar-refractivity contribution in [2.24, 2.45) is 0 Å². The molecule has 3 aromatic heterocycles. The summed E-state index contributed by atoms with van der Waals surface area (Å²) in [5.74, 6) is -0.766. The number of rotatable bonds is 9. The second-order valence-electron chi connectivity index (χ2n) is 6.89. The van der Waals surface area contributed by atoms with Crippen molar-refractivity contribution in [1.82, 2.24) is 19.7 Å². The van der Waals surface area contributed by atoms with Crippen molar-refractivity contribution in [1.29, 1.82) is 0 Å². The maximum Gasteiger partial charge on any atom is 0.303 e. The number of hydrogen-bond donors (Lipinski definition) is 1. The van der Waals surface area contributed by atoms with Crippen LogP contribution in [0.3, 0.4) is 0 Å². The van der Waals surface area contributed by atoms with Gasteiger partial charge >= 0.3 is 5.97 Å². The predicted molar refractivity (Wildman–Crippen MR) is 107 cm³/mol. The zero-order valence-corrected chi connectivity index (χ0v) is 16.6. The van der Waals surface area contributed by atoms with Gasteiger partial charge in [0.1, 0.15) is 0 Å². The Kier molecular flexibility index (Phi) is 6.36. The van der Waals surface area contributed by atoms with Gasteiger partial charge in [0.15, 0.2) is 5.65 Å². The number of carboxylic acid groups (broad SMARTS) is 1. The summed E-state index contributed by atoms with van der Waals surface area (Å²) in [5, 5.41) is 14.4. The average Bonchev–Trinajstić information content (AvgIpc) is 3.07. The number of carboxylic acids is 1. The minimum atomic E-state index is -0.766. The number of ether oxygens (including phenoxy) is 1. The molecule has 0 aliphatic heterocycles. The number of pyridine rings is 2. The predicted octanol–water partition coefficient (Wildman–Crippen LogP) is 3.77. The highest BCUT2D eigenvalue weighted by atomic mass is 16.5. The summed E-state index contributed by atoms with van der Waals surface area (Å²) in [6, 6.07) is 2.11. The first-order chi connectivity index (χ1) is 13.5. The van der Waals surface area contributed by atoms with E-state index in [0.717, 1.165) is 58.4 Å². The number of nitrogens with zero attached hydrogens (tertiary/aromatic N) is 4. The molecule has 0 fully saturated rings. The van der Waals surface area contributed by atoms with Gasteiger partial charge in [-0.3, -0.25) is 9.78 Å². The molecule has 28 heavy (non-hydrogen) atoms. The lowest BCUT2D eigenvalue weighted by Gasteiger charge is -2.16. The van der Waals surface area contributed by atoms with Crippen molar-refractivity contribution < 1.29 is 14.6 Å². The molecule has 3 heterocycles. The SMILES string of the molecule is CCn1ncc2c(-c3cncc(C)c3)c(CCCCC(=O)O)c(COC)nc21. The molecule has 7 heteroatoms. The highest BCUT2D eigenvalue weighted by Gasteiger charge is 2.19. The number of aryl methyl sites for hydroxylation is 2. The van der Waals surface area contributed by atoms with Gasteiger partial charge in [0.25, 0.3) is 0 Å². The maximum absolute atomic E-state index is 10.9. The number of aliphatic carboxylic acids is 1. The zero-order chi connectivity index (χ0) is 20.1. The van der Waals surface area contributed by atoms with Crippen LogP contribution in [0.25, 0.3) is 22.2 Å². The van der Waals surface area contributed by atoms with Crippen LogP contribution in [0, 0.1) is 6.92 Å². The lowest BCUT2D eigenvalue weighted by molar-refractivity contribution is -0.137. The first kappa shape index (κ1) is 19.9. The van der Waals surface area contributed by atoms with E-state index in [9.17, 15) is 4.79 Å². The molecule has 0 spiro atoms. The number of fused-ring (bicyclic) bond motifs is 1. The third-order valence-electron chi connectivity index (χ3n) is 4.78. The summed E-state index contributed by atoms with van der Waals surface area (Å²) in [6.45, 7) is 5.18. The standard InChI is InChI=1S/C21H26N4O3/c1-4-25-21-17(12-23-25)20(15-9-14(2)10-22-11-15)16(18(24-21)13-28-3)7-5-6-8-19(26)27/h9-12H,4-8,13H2,1-3H3,(H,26,27). The van der Waals surface area contributed by atoms with Crippen LogP contribution in [-0.4, -0.2) is 37.9 Å². The minimum absolute atomic E-state index is 0.171. The van der Waals surface area contributed by atoms with Crippen LogP contribution < -0.4 is 0 Å². The van der Waals surface area contributed by atoms with E-state index < -0.39 is 5.97 Å². The van der Waals surface area contributed by atoms with Gasteiger partial charge in [-0.15, -0.1) is 0 Å². The molecule has 1 N–H and O–H groups in total. The highest BCUT2D eigenvalue weighted by Crippen LogP contribution is 2.34. The van der Waals surface area contributed by atoms with Crippen LogP contribution in [-0.2, 0) is 29.1 Å². The van der Waals surface area contributed by atoms with Crippen molar-refractivity contribution in [2.75, 3.05) is 7.11 Å². The Labute approximate surface area is 164 Å². The second kappa shape index (κ2) is 8.93. The molecule has 0 aromatic carbocycles. The van der Waals surface area contributed by atoms with Crippen molar-refractivity contribution in [3.63, 3.8) is 0 Å². The Morgan fingerprint density at radius 2 is 2.07 bits per heavy atom. The molecule has 3 aromatic rings. The summed E-state index contributed by atoms with van der Waals surface area (Å²) in [6.07, 6.45) is 7.85. The normalized spacial score (nSPS) is 11.2. The maximum atomic E-state index is 10.9. The van der Waals surface area contributed by atoms with Crippen LogP contribution in [0.5, 0.6) is 0 Å². The van der Waals surface area contributed by atoms with Gasteiger partial charge in [0.2, 0.25) is 0 Å². The Morgan fingerprint density at radius 1 is 1.25 bits per heavy atom. The molecule has 148 valence electrons.